The van der Waals surface area contributed by atoms with E-state index in [0.29, 0.717) is 0 Å². The predicted molar refractivity (Wildman–Crippen MR) is 148 cm³/mol. The summed E-state index contributed by atoms with van der Waals surface area (Å²) in [5.74, 6) is -8.53. The Morgan fingerprint density at radius 3 is 0.452 bits per heavy atom. The van der Waals surface area contributed by atoms with Crippen LogP contribution < -0.4 is 0 Å². The summed E-state index contributed by atoms with van der Waals surface area (Å²) in [5, 5.41) is 0. The van der Waals surface area contributed by atoms with E-state index in [4.69, 9.17) is 28.4 Å². The highest BCUT2D eigenvalue weighted by atomic mass is 16.7. The zero-order valence-corrected chi connectivity index (χ0v) is 26.8. The summed E-state index contributed by atoms with van der Waals surface area (Å²) in [6.07, 6.45) is -9.62. The molecule has 12 heteroatoms. The van der Waals surface area contributed by atoms with Crippen molar-refractivity contribution in [1.82, 2.24) is 0 Å². The maximum atomic E-state index is 13.0. The lowest BCUT2D eigenvalue weighted by molar-refractivity contribution is -0.265. The molecule has 1 aliphatic carbocycles. The third-order valence-corrected chi connectivity index (χ3v) is 6.28. The molecule has 0 atom stereocenters. The number of rotatable bonds is 12. The molecule has 42 heavy (non-hydrogen) atoms. The molecule has 1 rings (SSSR count). The van der Waals surface area contributed by atoms with Crippen molar-refractivity contribution in [1.29, 1.82) is 0 Å². The molecule has 0 heterocycles. The van der Waals surface area contributed by atoms with E-state index < -0.39 is 108 Å². The molecule has 0 aliphatic heterocycles. The molecule has 0 N–H and O–H groups in total. The summed E-state index contributed by atoms with van der Waals surface area (Å²) >= 11 is 0. The van der Waals surface area contributed by atoms with Crippen molar-refractivity contribution >= 4 is 35.8 Å². The SMILES string of the molecule is CC(C)C(=O)OC1C(OC(=O)C(C)C)C(OC(=O)C(C)C)C(OC(=O)C(C)C)C(OC(=O)C(C)C)C1OC(=O)C(C)C. The van der Waals surface area contributed by atoms with Crippen LogP contribution in [0.2, 0.25) is 0 Å². The maximum absolute atomic E-state index is 13.0. The van der Waals surface area contributed by atoms with Crippen LogP contribution in [0.3, 0.4) is 0 Å². The van der Waals surface area contributed by atoms with Gasteiger partial charge in [0.05, 0.1) is 35.5 Å². The molecule has 0 bridgehead atoms. The fraction of sp³-hybridized carbons (Fsp3) is 0.800. The fourth-order valence-corrected chi connectivity index (χ4v) is 3.55. The van der Waals surface area contributed by atoms with Gasteiger partial charge in [0.1, 0.15) is 0 Å². The van der Waals surface area contributed by atoms with E-state index in [1.54, 1.807) is 83.1 Å². The number of carbonyl (C=O) groups excluding carboxylic acids is 6. The molecule has 0 aromatic carbocycles. The number of hydrogen-bond donors (Lipinski definition) is 0. The average Bonchev–Trinajstić information content (AvgIpc) is 2.88. The van der Waals surface area contributed by atoms with Gasteiger partial charge in [-0.1, -0.05) is 83.1 Å². The summed E-state index contributed by atoms with van der Waals surface area (Å²) in [6.45, 7) is 18.8. The van der Waals surface area contributed by atoms with Crippen LogP contribution in [0.4, 0.5) is 0 Å². The van der Waals surface area contributed by atoms with Gasteiger partial charge in [-0.3, -0.25) is 28.8 Å². The van der Waals surface area contributed by atoms with E-state index in [9.17, 15) is 28.8 Å². The summed E-state index contributed by atoms with van der Waals surface area (Å²) in [4.78, 5) is 77.8. The Kier molecular flexibility index (Phi) is 13.9. The Balaban J connectivity index is 4.06. The molecule has 12 nitrogen and oxygen atoms in total. The normalized spacial score (nSPS) is 24.1. The molecule has 0 radical (unpaired) electrons. The van der Waals surface area contributed by atoms with Gasteiger partial charge in [-0.25, -0.2) is 0 Å². The van der Waals surface area contributed by atoms with Crippen molar-refractivity contribution in [2.75, 3.05) is 0 Å². The molecule has 1 aliphatic rings. The van der Waals surface area contributed by atoms with Crippen molar-refractivity contribution in [3.05, 3.63) is 0 Å². The van der Waals surface area contributed by atoms with Crippen molar-refractivity contribution < 1.29 is 57.2 Å². The van der Waals surface area contributed by atoms with Crippen molar-refractivity contribution in [2.45, 2.75) is 120 Å². The summed E-state index contributed by atoms with van der Waals surface area (Å²) in [6, 6.07) is 0. The molecule has 1 fully saturated rings. The first-order valence-corrected chi connectivity index (χ1v) is 14.5. The van der Waals surface area contributed by atoms with Crippen molar-refractivity contribution in [3.8, 4) is 0 Å². The number of esters is 6. The van der Waals surface area contributed by atoms with E-state index in [1.165, 1.54) is 0 Å². The minimum absolute atomic E-state index is 0.669. The molecule has 240 valence electrons. The minimum Gasteiger partial charge on any atom is -0.454 e. The van der Waals surface area contributed by atoms with Crippen molar-refractivity contribution in [2.24, 2.45) is 35.5 Å². The Labute approximate surface area is 248 Å². The van der Waals surface area contributed by atoms with Gasteiger partial charge < -0.3 is 28.4 Å². The second-order valence-electron chi connectivity index (χ2n) is 12.3. The molecule has 0 aromatic heterocycles. The van der Waals surface area contributed by atoms with E-state index in [0.717, 1.165) is 0 Å². The van der Waals surface area contributed by atoms with Crippen LogP contribution in [0.25, 0.3) is 0 Å². The quantitative estimate of drug-likeness (QED) is 0.238. The summed E-state index contributed by atoms with van der Waals surface area (Å²) < 4.78 is 34.6. The number of carbonyl (C=O) groups is 6. The first-order valence-electron chi connectivity index (χ1n) is 14.5. The molecule has 1 saturated carbocycles. The van der Waals surface area contributed by atoms with Crippen LogP contribution in [0.15, 0.2) is 0 Å². The summed E-state index contributed by atoms with van der Waals surface area (Å²) in [7, 11) is 0. The zero-order chi connectivity index (χ0) is 32.6. The molecule has 0 aromatic rings. The first-order chi connectivity index (χ1) is 19.3. The van der Waals surface area contributed by atoms with Gasteiger partial charge in [-0.15, -0.1) is 0 Å². The lowest BCUT2D eigenvalue weighted by atomic mass is 9.83. The monoisotopic (exact) mass is 600 g/mol. The van der Waals surface area contributed by atoms with Crippen LogP contribution in [0.5, 0.6) is 0 Å². The molecule has 0 unspecified atom stereocenters. The van der Waals surface area contributed by atoms with Gasteiger partial charge >= 0.3 is 35.8 Å². The smallest absolute Gasteiger partial charge is 0.308 e. The predicted octanol–water partition coefficient (Wildman–Crippen LogP) is 3.41. The van der Waals surface area contributed by atoms with Crippen LogP contribution in [0, 0.1) is 35.5 Å². The molecule has 0 spiro atoms. The standard InChI is InChI=1S/C30H48O12/c1-13(2)25(31)37-19-20(38-26(32)14(3)4)22(40-28(34)16(7)8)24(42-30(36)18(11)12)23(41-29(35)17(9)10)21(19)39-27(33)15(5)6/h13-24H,1-12H3. The Hall–Kier alpha value is -3.18. The third kappa shape index (κ3) is 9.97. The van der Waals surface area contributed by atoms with Gasteiger partial charge in [0.2, 0.25) is 0 Å². The highest BCUT2D eigenvalue weighted by molar-refractivity contribution is 5.76. The second-order valence-corrected chi connectivity index (χ2v) is 12.3. The highest BCUT2D eigenvalue weighted by Crippen LogP contribution is 2.36. The van der Waals surface area contributed by atoms with Gasteiger partial charge in [0.15, 0.2) is 36.6 Å². The van der Waals surface area contributed by atoms with Gasteiger partial charge in [0, 0.05) is 0 Å². The molecular formula is C30H48O12. The van der Waals surface area contributed by atoms with Gasteiger partial charge in [-0.2, -0.15) is 0 Å². The van der Waals surface area contributed by atoms with E-state index >= 15 is 0 Å². The molecule has 0 amide bonds. The Morgan fingerprint density at radius 1 is 0.286 bits per heavy atom. The molecule has 0 saturated heterocycles. The van der Waals surface area contributed by atoms with Crippen LogP contribution in [-0.4, -0.2) is 72.4 Å². The second kappa shape index (κ2) is 15.9. The fourth-order valence-electron chi connectivity index (χ4n) is 3.55. The number of ether oxygens (including phenoxy) is 6. The topological polar surface area (TPSA) is 158 Å². The van der Waals surface area contributed by atoms with E-state index in [-0.39, 0.29) is 0 Å². The third-order valence-electron chi connectivity index (χ3n) is 6.28. The van der Waals surface area contributed by atoms with E-state index in [2.05, 4.69) is 0 Å². The minimum atomic E-state index is -1.60. The van der Waals surface area contributed by atoms with Gasteiger partial charge in [-0.05, 0) is 0 Å². The Bertz CT molecular complexity index is 767. The first kappa shape index (κ1) is 36.8. The van der Waals surface area contributed by atoms with E-state index in [1.807, 2.05) is 0 Å². The lowest BCUT2D eigenvalue weighted by Gasteiger charge is -2.48. The Morgan fingerprint density at radius 2 is 0.381 bits per heavy atom. The van der Waals surface area contributed by atoms with Crippen LogP contribution in [0.1, 0.15) is 83.1 Å². The molecular weight excluding hydrogens is 552 g/mol. The largest absolute Gasteiger partial charge is 0.454 e. The maximum Gasteiger partial charge on any atom is 0.308 e. The number of hydrogen-bond acceptors (Lipinski definition) is 12. The van der Waals surface area contributed by atoms with Crippen LogP contribution in [-0.2, 0) is 57.2 Å². The average molecular weight is 601 g/mol. The lowest BCUT2D eigenvalue weighted by Crippen LogP contribution is -2.69. The summed E-state index contributed by atoms with van der Waals surface area (Å²) in [5.41, 5.74) is 0. The van der Waals surface area contributed by atoms with Crippen LogP contribution >= 0.6 is 0 Å². The van der Waals surface area contributed by atoms with Gasteiger partial charge in [0.25, 0.3) is 0 Å². The zero-order valence-electron chi connectivity index (χ0n) is 26.8. The van der Waals surface area contributed by atoms with Crippen molar-refractivity contribution in [3.63, 3.8) is 0 Å². The highest BCUT2D eigenvalue weighted by Gasteiger charge is 2.61.